The average molecular weight is 341 g/mol. The third-order valence-corrected chi connectivity index (χ3v) is 4.32. The van der Waals surface area contributed by atoms with Gasteiger partial charge in [-0.25, -0.2) is 4.98 Å². The van der Waals surface area contributed by atoms with Crippen LogP contribution in [-0.2, 0) is 11.3 Å². The second kappa shape index (κ2) is 6.88. The van der Waals surface area contributed by atoms with Crippen LogP contribution in [0.1, 0.15) is 23.8 Å². The highest BCUT2D eigenvalue weighted by Gasteiger charge is 2.10. The molecule has 1 amide bonds. The van der Waals surface area contributed by atoms with Gasteiger partial charge in [-0.05, 0) is 43.2 Å². The molecule has 0 unspecified atom stereocenters. The van der Waals surface area contributed by atoms with Crippen molar-refractivity contribution in [3.8, 4) is 11.5 Å². The van der Waals surface area contributed by atoms with Crippen LogP contribution in [0.4, 0.5) is 10.8 Å². The maximum atomic E-state index is 11.0. The fourth-order valence-electron chi connectivity index (χ4n) is 2.25. The Morgan fingerprint density at radius 2 is 2.08 bits per heavy atom. The third-order valence-electron chi connectivity index (χ3n) is 3.56. The van der Waals surface area contributed by atoms with E-state index >= 15 is 0 Å². The quantitative estimate of drug-likeness (QED) is 0.722. The normalized spacial score (nSPS) is 10.6. The number of nitrogens with one attached hydrogen (secondary N) is 2. The SMILES string of the molecule is CC(=O)NCc1ccc(-c2csc(Nc3cc(C)ccc3C)n2)o1. The van der Waals surface area contributed by atoms with Crippen molar-refractivity contribution in [1.82, 2.24) is 10.3 Å². The second-order valence-corrected chi connectivity index (χ2v) is 6.52. The third kappa shape index (κ3) is 3.83. The van der Waals surface area contributed by atoms with E-state index in [0.29, 0.717) is 18.1 Å². The van der Waals surface area contributed by atoms with Crippen LogP contribution in [0.2, 0.25) is 0 Å². The van der Waals surface area contributed by atoms with E-state index in [4.69, 9.17) is 4.42 Å². The first-order chi connectivity index (χ1) is 11.5. The molecule has 0 aliphatic rings. The molecule has 2 N–H and O–H groups in total. The molecule has 24 heavy (non-hydrogen) atoms. The molecule has 3 rings (SSSR count). The van der Waals surface area contributed by atoms with Gasteiger partial charge >= 0.3 is 0 Å². The molecule has 0 saturated heterocycles. The summed E-state index contributed by atoms with van der Waals surface area (Å²) >= 11 is 1.53. The second-order valence-electron chi connectivity index (χ2n) is 5.66. The molecular formula is C18H19N3O2S. The number of hydrogen-bond acceptors (Lipinski definition) is 5. The lowest BCUT2D eigenvalue weighted by Crippen LogP contribution is -2.18. The minimum absolute atomic E-state index is 0.0818. The van der Waals surface area contributed by atoms with Crippen LogP contribution in [0, 0.1) is 13.8 Å². The number of thiazole rings is 1. The Labute approximate surface area is 144 Å². The zero-order valence-electron chi connectivity index (χ0n) is 13.8. The van der Waals surface area contributed by atoms with Crippen molar-refractivity contribution < 1.29 is 9.21 Å². The number of anilines is 2. The summed E-state index contributed by atoms with van der Waals surface area (Å²) in [7, 11) is 0. The van der Waals surface area contributed by atoms with E-state index in [9.17, 15) is 4.79 Å². The zero-order valence-corrected chi connectivity index (χ0v) is 14.7. The van der Waals surface area contributed by atoms with Crippen LogP contribution >= 0.6 is 11.3 Å². The number of carbonyl (C=O) groups is 1. The van der Waals surface area contributed by atoms with Gasteiger partial charge in [0.2, 0.25) is 5.91 Å². The Morgan fingerprint density at radius 3 is 2.88 bits per heavy atom. The van der Waals surface area contributed by atoms with Gasteiger partial charge < -0.3 is 15.1 Å². The Hall–Kier alpha value is -2.60. The maximum absolute atomic E-state index is 11.0. The van der Waals surface area contributed by atoms with E-state index in [-0.39, 0.29) is 5.91 Å². The minimum atomic E-state index is -0.0818. The lowest BCUT2D eigenvalue weighted by atomic mass is 10.1. The van der Waals surface area contributed by atoms with E-state index in [1.165, 1.54) is 29.4 Å². The van der Waals surface area contributed by atoms with Gasteiger partial charge in [-0.1, -0.05) is 12.1 Å². The van der Waals surface area contributed by atoms with Gasteiger partial charge in [-0.3, -0.25) is 4.79 Å². The Morgan fingerprint density at radius 1 is 1.25 bits per heavy atom. The Bertz CT molecular complexity index is 867. The fourth-order valence-corrected chi connectivity index (χ4v) is 2.96. The molecule has 0 atom stereocenters. The van der Waals surface area contributed by atoms with Crippen molar-refractivity contribution in [3.63, 3.8) is 0 Å². The lowest BCUT2D eigenvalue weighted by Gasteiger charge is -2.07. The van der Waals surface area contributed by atoms with E-state index in [0.717, 1.165) is 16.5 Å². The molecule has 5 nitrogen and oxygen atoms in total. The number of hydrogen-bond donors (Lipinski definition) is 2. The number of amides is 1. The van der Waals surface area contributed by atoms with E-state index in [2.05, 4.69) is 47.7 Å². The summed E-state index contributed by atoms with van der Waals surface area (Å²) in [6.07, 6.45) is 0. The molecule has 0 radical (unpaired) electrons. The highest BCUT2D eigenvalue weighted by molar-refractivity contribution is 7.14. The number of benzene rings is 1. The largest absolute Gasteiger partial charge is 0.458 e. The molecule has 3 aromatic rings. The monoisotopic (exact) mass is 341 g/mol. The minimum Gasteiger partial charge on any atom is -0.458 e. The summed E-state index contributed by atoms with van der Waals surface area (Å²) in [6, 6.07) is 10.0. The average Bonchev–Trinajstić information content (AvgIpc) is 3.18. The lowest BCUT2D eigenvalue weighted by molar-refractivity contribution is -0.119. The first-order valence-electron chi connectivity index (χ1n) is 7.64. The Kier molecular flexibility index (Phi) is 4.66. The van der Waals surface area contributed by atoms with Crippen molar-refractivity contribution in [1.29, 1.82) is 0 Å². The maximum Gasteiger partial charge on any atom is 0.217 e. The molecule has 0 fully saturated rings. The summed E-state index contributed by atoms with van der Waals surface area (Å²) in [5.41, 5.74) is 4.21. The van der Waals surface area contributed by atoms with Gasteiger partial charge in [-0.2, -0.15) is 0 Å². The van der Waals surface area contributed by atoms with Crippen LogP contribution < -0.4 is 10.6 Å². The number of aryl methyl sites for hydroxylation is 2. The predicted molar refractivity (Wildman–Crippen MR) is 96.5 cm³/mol. The summed E-state index contributed by atoms with van der Waals surface area (Å²) in [5.74, 6) is 1.32. The molecule has 2 aromatic heterocycles. The fraction of sp³-hybridized carbons (Fsp3) is 0.222. The standard InChI is InChI=1S/C18H19N3O2S/c1-11-4-5-12(2)15(8-11)20-18-21-16(10-24-18)17-7-6-14(23-17)9-19-13(3)22/h4-8,10H,9H2,1-3H3,(H,19,22)(H,20,21). The molecule has 0 aliphatic carbocycles. The Balaban J connectivity index is 1.73. The molecule has 124 valence electrons. The summed E-state index contributed by atoms with van der Waals surface area (Å²) < 4.78 is 5.73. The van der Waals surface area contributed by atoms with Crippen molar-refractivity contribution in [2.45, 2.75) is 27.3 Å². The smallest absolute Gasteiger partial charge is 0.217 e. The van der Waals surface area contributed by atoms with Crippen LogP contribution in [0.15, 0.2) is 40.1 Å². The summed E-state index contributed by atoms with van der Waals surface area (Å²) in [6.45, 7) is 6.00. The molecule has 2 heterocycles. The van der Waals surface area contributed by atoms with Gasteiger partial charge in [0.25, 0.3) is 0 Å². The summed E-state index contributed by atoms with van der Waals surface area (Å²) in [4.78, 5) is 15.5. The van der Waals surface area contributed by atoms with Crippen molar-refractivity contribution in [2.24, 2.45) is 0 Å². The van der Waals surface area contributed by atoms with Gasteiger partial charge in [0.05, 0.1) is 6.54 Å². The first-order valence-corrected chi connectivity index (χ1v) is 8.52. The highest BCUT2D eigenvalue weighted by Crippen LogP contribution is 2.29. The van der Waals surface area contributed by atoms with Crippen LogP contribution in [-0.4, -0.2) is 10.9 Å². The number of carbonyl (C=O) groups excluding carboxylic acids is 1. The zero-order chi connectivity index (χ0) is 17.1. The molecule has 0 spiro atoms. The number of aromatic nitrogens is 1. The van der Waals surface area contributed by atoms with E-state index < -0.39 is 0 Å². The van der Waals surface area contributed by atoms with Gasteiger partial charge in [0.15, 0.2) is 10.9 Å². The van der Waals surface area contributed by atoms with Crippen LogP contribution in [0.5, 0.6) is 0 Å². The van der Waals surface area contributed by atoms with Crippen molar-refractivity contribution >= 4 is 28.1 Å². The number of nitrogens with zero attached hydrogens (tertiary/aromatic N) is 1. The van der Waals surface area contributed by atoms with E-state index in [1.54, 1.807) is 0 Å². The van der Waals surface area contributed by atoms with Crippen LogP contribution in [0.3, 0.4) is 0 Å². The molecule has 0 bridgehead atoms. The predicted octanol–water partition coefficient (Wildman–Crippen LogP) is 4.40. The first kappa shape index (κ1) is 16.3. The van der Waals surface area contributed by atoms with Crippen molar-refractivity contribution in [2.75, 3.05) is 5.32 Å². The van der Waals surface area contributed by atoms with Crippen molar-refractivity contribution in [3.05, 3.63) is 52.6 Å². The molecule has 0 aliphatic heterocycles. The molecular weight excluding hydrogens is 322 g/mol. The number of furan rings is 1. The summed E-state index contributed by atoms with van der Waals surface area (Å²) in [5, 5.41) is 8.84. The molecule has 1 aromatic carbocycles. The molecule has 6 heteroatoms. The highest BCUT2D eigenvalue weighted by atomic mass is 32.1. The van der Waals surface area contributed by atoms with Gasteiger partial charge in [0, 0.05) is 18.0 Å². The topological polar surface area (TPSA) is 67.2 Å². The number of rotatable bonds is 5. The van der Waals surface area contributed by atoms with Crippen LogP contribution in [0.25, 0.3) is 11.5 Å². The van der Waals surface area contributed by atoms with Gasteiger partial charge in [0.1, 0.15) is 11.5 Å². The van der Waals surface area contributed by atoms with E-state index in [1.807, 2.05) is 17.5 Å². The van der Waals surface area contributed by atoms with Gasteiger partial charge in [-0.15, -0.1) is 11.3 Å². The molecule has 0 saturated carbocycles.